The molecule has 0 amide bonds. The minimum atomic E-state index is -0.998. The number of ether oxygens (including phenoxy) is 2. The second-order valence-corrected chi connectivity index (χ2v) is 6.08. The second-order valence-electron chi connectivity index (χ2n) is 6.08. The number of aliphatic carboxylic acids is 1. The van der Waals surface area contributed by atoms with E-state index in [9.17, 15) is 14.7 Å². The number of ketones is 1. The van der Waals surface area contributed by atoms with E-state index in [4.69, 9.17) is 9.47 Å². The number of fused-ring (bicyclic) bond motifs is 1. The van der Waals surface area contributed by atoms with Crippen molar-refractivity contribution in [3.05, 3.63) is 40.5 Å². The van der Waals surface area contributed by atoms with Crippen LogP contribution in [0, 0.1) is 0 Å². The lowest BCUT2D eigenvalue weighted by Crippen LogP contribution is -2.24. The topological polar surface area (TPSA) is 84.9 Å². The Kier molecular flexibility index (Phi) is 4.79. The number of hydrogen-bond donors (Lipinski definition) is 2. The number of benzene rings is 1. The normalized spacial score (nSPS) is 17.9. The lowest BCUT2D eigenvalue weighted by molar-refractivity contribution is -0.133. The van der Waals surface area contributed by atoms with E-state index in [1.165, 1.54) is 6.08 Å². The molecule has 0 radical (unpaired) electrons. The molecular formula is C19H21NO5. The first-order valence-corrected chi connectivity index (χ1v) is 8.25. The Morgan fingerprint density at radius 3 is 2.44 bits per heavy atom. The molecule has 1 aliphatic carbocycles. The van der Waals surface area contributed by atoms with Crippen molar-refractivity contribution in [3.8, 4) is 11.5 Å². The summed E-state index contributed by atoms with van der Waals surface area (Å²) in [6.07, 6.45) is 4.00. The predicted octanol–water partition coefficient (Wildman–Crippen LogP) is 2.32. The van der Waals surface area contributed by atoms with E-state index in [1.807, 2.05) is 12.1 Å². The van der Waals surface area contributed by atoms with Crippen molar-refractivity contribution in [1.29, 1.82) is 0 Å². The summed E-state index contributed by atoms with van der Waals surface area (Å²) in [5.41, 5.74) is 3.29. The molecule has 6 heteroatoms. The molecule has 1 aromatic rings. The van der Waals surface area contributed by atoms with Crippen LogP contribution in [0.15, 0.2) is 29.4 Å². The van der Waals surface area contributed by atoms with Crippen molar-refractivity contribution < 1.29 is 24.2 Å². The summed E-state index contributed by atoms with van der Waals surface area (Å²) < 4.78 is 10.7. The average molecular weight is 343 g/mol. The van der Waals surface area contributed by atoms with Gasteiger partial charge in [-0.1, -0.05) is 0 Å². The third kappa shape index (κ3) is 3.24. The average Bonchev–Trinajstić information content (AvgIpc) is 3.11. The van der Waals surface area contributed by atoms with Crippen LogP contribution in [0.25, 0.3) is 5.70 Å². The molecule has 0 aromatic heterocycles. The number of allylic oxidation sites excluding steroid dienone is 2. The van der Waals surface area contributed by atoms with Crippen molar-refractivity contribution >= 4 is 17.4 Å². The Morgan fingerprint density at radius 1 is 1.08 bits per heavy atom. The van der Waals surface area contributed by atoms with E-state index >= 15 is 0 Å². The van der Waals surface area contributed by atoms with E-state index in [0.29, 0.717) is 48.6 Å². The molecule has 0 spiro atoms. The fourth-order valence-corrected chi connectivity index (χ4v) is 3.40. The van der Waals surface area contributed by atoms with Gasteiger partial charge in [0.1, 0.15) is 0 Å². The summed E-state index contributed by atoms with van der Waals surface area (Å²) >= 11 is 0. The Morgan fingerprint density at radius 2 is 1.76 bits per heavy atom. The summed E-state index contributed by atoms with van der Waals surface area (Å²) in [5.74, 6) is 0.0118. The lowest BCUT2D eigenvalue weighted by atomic mass is 9.95. The van der Waals surface area contributed by atoms with Crippen LogP contribution in [0.2, 0.25) is 0 Å². The van der Waals surface area contributed by atoms with Gasteiger partial charge >= 0.3 is 5.97 Å². The highest BCUT2D eigenvalue weighted by Crippen LogP contribution is 2.35. The van der Waals surface area contributed by atoms with Gasteiger partial charge in [0.25, 0.3) is 0 Å². The van der Waals surface area contributed by atoms with Crippen molar-refractivity contribution in [2.45, 2.75) is 25.7 Å². The van der Waals surface area contributed by atoms with Gasteiger partial charge in [0, 0.05) is 35.0 Å². The third-order valence-corrected chi connectivity index (χ3v) is 4.66. The number of nitrogens with one attached hydrogen (secondary N) is 1. The molecule has 3 rings (SSSR count). The number of hydrogen-bond acceptors (Lipinski definition) is 5. The Balaban J connectivity index is 2.00. The molecule has 0 unspecified atom stereocenters. The SMILES string of the molecule is COc1cc2c(cc1OC)/C(=C/C(=O)C1=C(C(=O)O)CCC1)NCC2. The molecule has 0 atom stereocenters. The maximum absolute atomic E-state index is 12.6. The van der Waals surface area contributed by atoms with Crippen LogP contribution in [0.4, 0.5) is 0 Å². The van der Waals surface area contributed by atoms with Gasteiger partial charge in [-0.15, -0.1) is 0 Å². The number of carboxylic acids is 1. The summed E-state index contributed by atoms with van der Waals surface area (Å²) in [6.45, 7) is 0.701. The van der Waals surface area contributed by atoms with Crippen LogP contribution in [-0.2, 0) is 16.0 Å². The molecule has 25 heavy (non-hydrogen) atoms. The third-order valence-electron chi connectivity index (χ3n) is 4.66. The number of methoxy groups -OCH3 is 2. The van der Waals surface area contributed by atoms with Crippen LogP contribution in [0.1, 0.15) is 30.4 Å². The van der Waals surface area contributed by atoms with Gasteiger partial charge in [0.15, 0.2) is 17.3 Å². The minimum absolute atomic E-state index is 0.236. The van der Waals surface area contributed by atoms with Crippen molar-refractivity contribution in [1.82, 2.24) is 5.32 Å². The van der Waals surface area contributed by atoms with E-state index in [-0.39, 0.29) is 11.4 Å². The number of carbonyl (C=O) groups excluding carboxylic acids is 1. The van der Waals surface area contributed by atoms with Crippen LogP contribution in [0.5, 0.6) is 11.5 Å². The number of carbonyl (C=O) groups is 2. The Bertz CT molecular complexity index is 791. The standard InChI is InChI=1S/C19H21NO5/c1-24-17-8-11-6-7-20-15(14(11)9-18(17)25-2)10-16(21)12-4-3-5-13(12)19(22)23/h8-10,20H,3-7H2,1-2H3,(H,22,23)/b15-10-. The van der Waals surface area contributed by atoms with E-state index in [0.717, 1.165) is 17.5 Å². The highest BCUT2D eigenvalue weighted by Gasteiger charge is 2.25. The number of rotatable bonds is 5. The first-order valence-electron chi connectivity index (χ1n) is 8.25. The maximum atomic E-state index is 12.6. The first-order chi connectivity index (χ1) is 12.0. The molecule has 0 saturated carbocycles. The molecule has 0 fully saturated rings. The Labute approximate surface area is 146 Å². The summed E-state index contributed by atoms with van der Waals surface area (Å²) in [7, 11) is 3.16. The van der Waals surface area contributed by atoms with Crippen molar-refractivity contribution in [2.24, 2.45) is 0 Å². The molecule has 132 valence electrons. The van der Waals surface area contributed by atoms with Gasteiger partial charge in [0.2, 0.25) is 0 Å². The van der Waals surface area contributed by atoms with Crippen LogP contribution in [0.3, 0.4) is 0 Å². The number of carboxylic acid groups (broad SMARTS) is 1. The highest BCUT2D eigenvalue weighted by atomic mass is 16.5. The summed E-state index contributed by atoms with van der Waals surface area (Å²) in [6, 6.07) is 3.77. The molecule has 0 saturated heterocycles. The molecule has 1 aromatic carbocycles. The smallest absolute Gasteiger partial charge is 0.331 e. The van der Waals surface area contributed by atoms with Crippen LogP contribution < -0.4 is 14.8 Å². The van der Waals surface area contributed by atoms with Gasteiger partial charge < -0.3 is 19.9 Å². The van der Waals surface area contributed by atoms with Gasteiger partial charge in [-0.05, 0) is 43.4 Å². The van der Waals surface area contributed by atoms with E-state index in [2.05, 4.69) is 5.32 Å². The second kappa shape index (κ2) is 7.01. The van der Waals surface area contributed by atoms with Crippen molar-refractivity contribution in [2.75, 3.05) is 20.8 Å². The predicted molar refractivity (Wildman–Crippen MR) is 92.7 cm³/mol. The zero-order chi connectivity index (χ0) is 18.0. The molecule has 2 N–H and O–H groups in total. The first kappa shape index (κ1) is 17.1. The molecular weight excluding hydrogens is 322 g/mol. The van der Waals surface area contributed by atoms with Crippen LogP contribution >= 0.6 is 0 Å². The van der Waals surface area contributed by atoms with Gasteiger partial charge in [-0.3, -0.25) is 4.79 Å². The van der Waals surface area contributed by atoms with Crippen LogP contribution in [-0.4, -0.2) is 37.6 Å². The summed E-state index contributed by atoms with van der Waals surface area (Å²) in [4.78, 5) is 23.9. The maximum Gasteiger partial charge on any atom is 0.331 e. The monoisotopic (exact) mass is 343 g/mol. The lowest BCUT2D eigenvalue weighted by Gasteiger charge is -2.23. The zero-order valence-electron chi connectivity index (χ0n) is 14.3. The van der Waals surface area contributed by atoms with Gasteiger partial charge in [-0.25, -0.2) is 4.79 Å². The fourth-order valence-electron chi connectivity index (χ4n) is 3.40. The molecule has 0 bridgehead atoms. The summed E-state index contributed by atoms with van der Waals surface area (Å²) in [5, 5.41) is 12.5. The quantitative estimate of drug-likeness (QED) is 0.798. The molecule has 2 aliphatic rings. The van der Waals surface area contributed by atoms with Gasteiger partial charge in [-0.2, -0.15) is 0 Å². The highest BCUT2D eigenvalue weighted by molar-refractivity contribution is 6.12. The van der Waals surface area contributed by atoms with Gasteiger partial charge in [0.05, 0.1) is 14.2 Å². The molecule has 1 heterocycles. The fraction of sp³-hybridized carbons (Fsp3) is 0.368. The van der Waals surface area contributed by atoms with Crippen molar-refractivity contribution in [3.63, 3.8) is 0 Å². The molecule has 6 nitrogen and oxygen atoms in total. The zero-order valence-corrected chi connectivity index (χ0v) is 14.3. The molecule has 1 aliphatic heterocycles. The van der Waals surface area contributed by atoms with E-state index < -0.39 is 5.97 Å². The van der Waals surface area contributed by atoms with E-state index in [1.54, 1.807) is 14.2 Å². The Hall–Kier alpha value is -2.76. The minimum Gasteiger partial charge on any atom is -0.493 e. The largest absolute Gasteiger partial charge is 0.493 e.